The van der Waals surface area contributed by atoms with Gasteiger partial charge in [0, 0.05) is 0 Å². The van der Waals surface area contributed by atoms with Gasteiger partial charge in [0.1, 0.15) is 0 Å². The van der Waals surface area contributed by atoms with E-state index >= 15 is 0 Å². The van der Waals surface area contributed by atoms with Crippen molar-refractivity contribution in [1.29, 1.82) is 0 Å². The summed E-state index contributed by atoms with van der Waals surface area (Å²) >= 11 is 0. The van der Waals surface area contributed by atoms with Crippen LogP contribution in [0.3, 0.4) is 0 Å². The van der Waals surface area contributed by atoms with Crippen LogP contribution in [-0.2, 0) is 4.79 Å². The normalized spacial score (nSPS) is 13.2. The molecule has 98 valence electrons. The molecule has 0 saturated carbocycles. The summed E-state index contributed by atoms with van der Waals surface area (Å²) in [5.74, 6) is -1.02. The highest BCUT2D eigenvalue weighted by atomic mass is 16.4. The Bertz CT molecular complexity index is 497. The van der Waals surface area contributed by atoms with E-state index in [1.807, 2.05) is 12.2 Å². The van der Waals surface area contributed by atoms with Gasteiger partial charge in [-0.15, -0.1) is 0 Å². The summed E-state index contributed by atoms with van der Waals surface area (Å²) in [5.41, 5.74) is 1.71. The number of carboxylic acids is 1. The maximum Gasteiger partial charge on any atom is 0.335 e. The van der Waals surface area contributed by atoms with Crippen LogP contribution >= 0.6 is 0 Å². The molecule has 1 N–H and O–H groups in total. The molecule has 2 heteroatoms. The summed E-state index contributed by atoms with van der Waals surface area (Å²) in [6.07, 6.45) is 14.8. The summed E-state index contributed by atoms with van der Waals surface area (Å²) in [6.45, 7) is 14.4. The highest BCUT2D eigenvalue weighted by Crippen LogP contribution is 2.13. The molecule has 19 heavy (non-hydrogen) atoms. The lowest BCUT2D eigenvalue weighted by Crippen LogP contribution is -1.96. The van der Waals surface area contributed by atoms with Crippen LogP contribution in [-0.4, -0.2) is 11.1 Å². The highest BCUT2D eigenvalue weighted by Gasteiger charge is 2.00. The standard InChI is InChI=1S/C17H18O2/c1-5-9-10-11-14(6-2)15(7-3)12-13-16(8-4)17(18)19/h5-13H,1-4H2,(H,18,19)/b10-9-,14-11+,15-12+,16-13+. The second-order valence-electron chi connectivity index (χ2n) is 3.40. The lowest BCUT2D eigenvalue weighted by Gasteiger charge is -2.01. The number of aliphatic carboxylic acids is 1. The van der Waals surface area contributed by atoms with Gasteiger partial charge in [-0.25, -0.2) is 4.79 Å². The number of carbonyl (C=O) groups is 1. The van der Waals surface area contributed by atoms with Gasteiger partial charge in [0.15, 0.2) is 0 Å². The Labute approximate surface area is 114 Å². The van der Waals surface area contributed by atoms with Crippen molar-refractivity contribution in [2.24, 2.45) is 0 Å². The summed E-state index contributed by atoms with van der Waals surface area (Å²) in [4.78, 5) is 10.8. The monoisotopic (exact) mass is 254 g/mol. The Morgan fingerprint density at radius 1 is 0.737 bits per heavy atom. The fourth-order valence-electron chi connectivity index (χ4n) is 1.21. The zero-order chi connectivity index (χ0) is 14.7. The average Bonchev–Trinajstić information content (AvgIpc) is 2.40. The van der Waals surface area contributed by atoms with Gasteiger partial charge in [-0.3, -0.25) is 0 Å². The van der Waals surface area contributed by atoms with Gasteiger partial charge in [0.05, 0.1) is 5.57 Å². The second-order valence-corrected chi connectivity index (χ2v) is 3.40. The Kier molecular flexibility index (Phi) is 8.13. The fraction of sp³-hybridized carbons (Fsp3) is 0. The Balaban J connectivity index is 5.45. The van der Waals surface area contributed by atoms with Gasteiger partial charge in [-0.2, -0.15) is 0 Å². The minimum absolute atomic E-state index is 0.115. The Morgan fingerprint density at radius 3 is 1.63 bits per heavy atom. The summed E-state index contributed by atoms with van der Waals surface area (Å²) in [5, 5.41) is 8.88. The molecular formula is C17H18O2. The van der Waals surface area contributed by atoms with Crippen molar-refractivity contribution >= 4 is 5.97 Å². The van der Waals surface area contributed by atoms with Crippen LogP contribution in [0.15, 0.2) is 97.7 Å². The van der Waals surface area contributed by atoms with E-state index in [1.54, 1.807) is 30.4 Å². The van der Waals surface area contributed by atoms with E-state index in [4.69, 9.17) is 5.11 Å². The molecule has 0 bridgehead atoms. The molecule has 0 spiro atoms. The summed E-state index contributed by atoms with van der Waals surface area (Å²) in [6, 6.07) is 0. The number of rotatable bonds is 8. The van der Waals surface area contributed by atoms with Crippen molar-refractivity contribution in [1.82, 2.24) is 0 Å². The van der Waals surface area contributed by atoms with Gasteiger partial charge in [0.25, 0.3) is 0 Å². The number of allylic oxidation sites excluding steroid dienone is 10. The molecule has 0 atom stereocenters. The van der Waals surface area contributed by atoms with Crippen LogP contribution in [0.25, 0.3) is 0 Å². The second kappa shape index (κ2) is 9.42. The lowest BCUT2D eigenvalue weighted by molar-refractivity contribution is -0.132. The van der Waals surface area contributed by atoms with Crippen molar-refractivity contribution in [3.63, 3.8) is 0 Å². The van der Waals surface area contributed by atoms with Gasteiger partial charge in [-0.1, -0.05) is 74.9 Å². The first-order valence-electron chi connectivity index (χ1n) is 5.63. The topological polar surface area (TPSA) is 37.3 Å². The molecule has 2 nitrogen and oxygen atoms in total. The molecular weight excluding hydrogens is 236 g/mol. The third-order valence-electron chi connectivity index (χ3n) is 2.21. The van der Waals surface area contributed by atoms with E-state index in [9.17, 15) is 4.79 Å². The molecule has 0 fully saturated rings. The van der Waals surface area contributed by atoms with E-state index in [2.05, 4.69) is 26.3 Å². The zero-order valence-corrected chi connectivity index (χ0v) is 10.9. The first-order chi connectivity index (χ1) is 9.10. The molecule has 0 radical (unpaired) electrons. The average molecular weight is 254 g/mol. The summed E-state index contributed by atoms with van der Waals surface area (Å²) < 4.78 is 0. The van der Waals surface area contributed by atoms with Gasteiger partial charge in [-0.05, 0) is 17.2 Å². The molecule has 0 amide bonds. The number of hydrogen-bond donors (Lipinski definition) is 1. The Morgan fingerprint density at radius 2 is 1.21 bits per heavy atom. The van der Waals surface area contributed by atoms with E-state index < -0.39 is 5.97 Å². The van der Waals surface area contributed by atoms with Gasteiger partial charge in [0.2, 0.25) is 0 Å². The molecule has 0 rings (SSSR count). The van der Waals surface area contributed by atoms with E-state index in [0.29, 0.717) is 0 Å². The SMILES string of the molecule is C=C\C=C/C=C(C=C)/C(C=C)=C/C=C(\C=C)C(=O)O. The highest BCUT2D eigenvalue weighted by molar-refractivity contribution is 5.90. The van der Waals surface area contributed by atoms with Crippen LogP contribution in [0, 0.1) is 0 Å². The maximum absolute atomic E-state index is 10.8. The predicted molar refractivity (Wildman–Crippen MR) is 81.8 cm³/mol. The smallest absolute Gasteiger partial charge is 0.335 e. The summed E-state index contributed by atoms with van der Waals surface area (Å²) in [7, 11) is 0. The maximum atomic E-state index is 10.8. The number of carboxylic acid groups (broad SMARTS) is 1. The zero-order valence-electron chi connectivity index (χ0n) is 10.9. The van der Waals surface area contributed by atoms with Crippen LogP contribution in [0.1, 0.15) is 0 Å². The minimum Gasteiger partial charge on any atom is -0.478 e. The largest absolute Gasteiger partial charge is 0.478 e. The van der Waals surface area contributed by atoms with Crippen molar-refractivity contribution in [3.05, 3.63) is 97.7 Å². The first-order valence-corrected chi connectivity index (χ1v) is 5.63. The van der Waals surface area contributed by atoms with Gasteiger partial charge >= 0.3 is 5.97 Å². The van der Waals surface area contributed by atoms with Gasteiger partial charge < -0.3 is 5.11 Å². The quantitative estimate of drug-likeness (QED) is 0.522. The fourth-order valence-corrected chi connectivity index (χ4v) is 1.21. The predicted octanol–water partition coefficient (Wildman–Crippen LogP) is 4.15. The van der Waals surface area contributed by atoms with Crippen molar-refractivity contribution in [2.75, 3.05) is 0 Å². The third kappa shape index (κ3) is 6.03. The van der Waals surface area contributed by atoms with E-state index in [1.165, 1.54) is 12.2 Å². The molecule has 0 aliphatic heterocycles. The van der Waals surface area contributed by atoms with E-state index in [0.717, 1.165) is 11.1 Å². The van der Waals surface area contributed by atoms with Crippen molar-refractivity contribution in [3.8, 4) is 0 Å². The van der Waals surface area contributed by atoms with Crippen LogP contribution in [0.2, 0.25) is 0 Å². The molecule has 0 saturated heterocycles. The molecule has 0 aliphatic carbocycles. The van der Waals surface area contributed by atoms with Crippen LogP contribution in [0.4, 0.5) is 0 Å². The molecule has 0 aromatic carbocycles. The molecule has 0 unspecified atom stereocenters. The molecule has 0 aliphatic rings. The first kappa shape index (κ1) is 16.4. The molecule has 0 aromatic rings. The Hall–Kier alpha value is -2.61. The lowest BCUT2D eigenvalue weighted by atomic mass is 10.0. The number of hydrogen-bond acceptors (Lipinski definition) is 1. The van der Waals surface area contributed by atoms with E-state index in [-0.39, 0.29) is 5.57 Å². The van der Waals surface area contributed by atoms with Crippen LogP contribution in [0.5, 0.6) is 0 Å². The molecule has 0 aromatic heterocycles. The minimum atomic E-state index is -1.02. The van der Waals surface area contributed by atoms with Crippen LogP contribution < -0.4 is 0 Å². The van der Waals surface area contributed by atoms with Crippen molar-refractivity contribution in [2.45, 2.75) is 0 Å². The third-order valence-corrected chi connectivity index (χ3v) is 2.21. The molecule has 0 heterocycles. The van der Waals surface area contributed by atoms with Crippen molar-refractivity contribution < 1.29 is 9.90 Å².